The number of hydrogen-bond acceptors (Lipinski definition) is 2. The summed E-state index contributed by atoms with van der Waals surface area (Å²) in [6.07, 6.45) is 1.01. The largest absolute Gasteiger partial charge is 0.458 e. The molecular weight excluding hydrogens is 263 g/mol. The van der Waals surface area contributed by atoms with Crippen molar-refractivity contribution in [2.24, 2.45) is 0 Å². The van der Waals surface area contributed by atoms with Crippen molar-refractivity contribution in [3.8, 4) is 0 Å². The van der Waals surface area contributed by atoms with Crippen LogP contribution >= 0.6 is 15.9 Å². The molecule has 80 valence electrons. The maximum atomic E-state index is 13.5. The third-order valence-electron chi connectivity index (χ3n) is 2.51. The average molecular weight is 273 g/mol. The van der Waals surface area contributed by atoms with Crippen molar-refractivity contribution in [3.63, 3.8) is 0 Å². The van der Waals surface area contributed by atoms with Crippen LogP contribution in [0.1, 0.15) is 30.6 Å². The quantitative estimate of drug-likeness (QED) is 0.735. The second kappa shape index (κ2) is 3.93. The lowest BCUT2D eigenvalue weighted by molar-refractivity contribution is -0.146. The van der Waals surface area contributed by atoms with Gasteiger partial charge in [0.05, 0.1) is 0 Å². The van der Waals surface area contributed by atoms with E-state index in [0.29, 0.717) is 22.9 Å². The van der Waals surface area contributed by atoms with Gasteiger partial charge in [-0.15, -0.1) is 0 Å². The highest BCUT2D eigenvalue weighted by atomic mass is 79.9. The smallest absolute Gasteiger partial charge is 0.303 e. The number of esters is 1. The molecule has 15 heavy (non-hydrogen) atoms. The third kappa shape index (κ3) is 2.04. The Morgan fingerprint density at radius 2 is 2.33 bits per heavy atom. The van der Waals surface area contributed by atoms with Gasteiger partial charge in [-0.2, -0.15) is 0 Å². The summed E-state index contributed by atoms with van der Waals surface area (Å²) < 4.78 is 19.3. The first kappa shape index (κ1) is 10.6. The van der Waals surface area contributed by atoms with Crippen molar-refractivity contribution in [2.45, 2.75) is 25.9 Å². The summed E-state index contributed by atoms with van der Waals surface area (Å²) in [5.74, 6) is -0.553. The Morgan fingerprint density at radius 1 is 1.60 bits per heavy atom. The lowest BCUT2D eigenvalue weighted by Gasteiger charge is -2.12. The van der Waals surface area contributed by atoms with E-state index in [-0.39, 0.29) is 17.9 Å². The molecule has 0 heterocycles. The van der Waals surface area contributed by atoms with Gasteiger partial charge in [-0.3, -0.25) is 4.79 Å². The first-order chi connectivity index (χ1) is 7.08. The monoisotopic (exact) mass is 272 g/mol. The van der Waals surface area contributed by atoms with Crippen molar-refractivity contribution in [1.29, 1.82) is 0 Å². The number of hydrogen-bond donors (Lipinski definition) is 0. The molecule has 0 N–H and O–H groups in total. The molecule has 0 aromatic heterocycles. The molecule has 1 aromatic rings. The normalized spacial score (nSPS) is 18.7. The molecule has 0 saturated carbocycles. The van der Waals surface area contributed by atoms with Crippen LogP contribution in [-0.4, -0.2) is 5.97 Å². The molecule has 1 unspecified atom stereocenters. The maximum absolute atomic E-state index is 13.5. The summed E-state index contributed by atoms with van der Waals surface area (Å²) in [6, 6.07) is 3.26. The van der Waals surface area contributed by atoms with Gasteiger partial charge in [-0.25, -0.2) is 4.39 Å². The Hall–Kier alpha value is -0.900. The zero-order valence-electron chi connectivity index (χ0n) is 8.22. The molecule has 1 atom stereocenters. The van der Waals surface area contributed by atoms with Crippen molar-refractivity contribution in [2.75, 3.05) is 0 Å². The van der Waals surface area contributed by atoms with Gasteiger partial charge in [0.15, 0.2) is 0 Å². The molecule has 0 amide bonds. The Kier molecular flexibility index (Phi) is 2.78. The SMILES string of the molecule is CC(=O)OC1CCc2c(F)cc(Br)cc21. The van der Waals surface area contributed by atoms with Gasteiger partial charge in [0, 0.05) is 11.4 Å². The molecule has 1 aromatic carbocycles. The molecule has 4 heteroatoms. The molecule has 2 rings (SSSR count). The van der Waals surface area contributed by atoms with E-state index in [2.05, 4.69) is 15.9 Å². The van der Waals surface area contributed by atoms with E-state index in [9.17, 15) is 9.18 Å². The van der Waals surface area contributed by atoms with Crippen LogP contribution < -0.4 is 0 Å². The number of ether oxygens (including phenoxy) is 1. The van der Waals surface area contributed by atoms with E-state index in [1.807, 2.05) is 6.07 Å². The van der Waals surface area contributed by atoms with Gasteiger partial charge >= 0.3 is 5.97 Å². The minimum atomic E-state index is -0.326. The molecule has 0 spiro atoms. The van der Waals surface area contributed by atoms with Crippen LogP contribution in [0.15, 0.2) is 16.6 Å². The van der Waals surface area contributed by atoms with Gasteiger partial charge in [0.25, 0.3) is 0 Å². The van der Waals surface area contributed by atoms with E-state index in [1.165, 1.54) is 13.0 Å². The van der Waals surface area contributed by atoms with E-state index in [4.69, 9.17) is 4.74 Å². The predicted octanol–water partition coefficient (Wildman–Crippen LogP) is 3.14. The molecular formula is C11H10BrFO2. The molecule has 0 fully saturated rings. The van der Waals surface area contributed by atoms with Crippen LogP contribution in [0.3, 0.4) is 0 Å². The standard InChI is InChI=1S/C11H10BrFO2/c1-6(14)15-11-3-2-8-9(11)4-7(12)5-10(8)13/h4-5,11H,2-3H2,1H3. The molecule has 1 aliphatic carbocycles. The molecule has 0 radical (unpaired) electrons. The summed E-state index contributed by atoms with van der Waals surface area (Å²) in [5, 5.41) is 0. The van der Waals surface area contributed by atoms with Gasteiger partial charge in [-0.05, 0) is 36.1 Å². The van der Waals surface area contributed by atoms with Crippen molar-refractivity contribution >= 4 is 21.9 Å². The van der Waals surface area contributed by atoms with E-state index >= 15 is 0 Å². The second-order valence-corrected chi connectivity index (χ2v) is 4.51. The Morgan fingerprint density at radius 3 is 3.00 bits per heavy atom. The van der Waals surface area contributed by atoms with E-state index in [0.717, 1.165) is 5.56 Å². The van der Waals surface area contributed by atoms with Gasteiger partial charge in [0.1, 0.15) is 11.9 Å². The Balaban J connectivity index is 2.37. The number of fused-ring (bicyclic) bond motifs is 1. The first-order valence-corrected chi connectivity index (χ1v) is 5.52. The van der Waals surface area contributed by atoms with Crippen LogP contribution in [0.4, 0.5) is 4.39 Å². The number of benzene rings is 1. The fourth-order valence-corrected chi connectivity index (χ4v) is 2.38. The van der Waals surface area contributed by atoms with E-state index in [1.54, 1.807) is 0 Å². The highest BCUT2D eigenvalue weighted by Gasteiger charge is 2.27. The molecule has 0 saturated heterocycles. The summed E-state index contributed by atoms with van der Waals surface area (Å²) in [4.78, 5) is 10.9. The number of carbonyl (C=O) groups is 1. The lowest BCUT2D eigenvalue weighted by atomic mass is 10.1. The summed E-state index contributed by atoms with van der Waals surface area (Å²) >= 11 is 3.23. The first-order valence-electron chi connectivity index (χ1n) is 4.73. The lowest BCUT2D eigenvalue weighted by Crippen LogP contribution is -2.05. The van der Waals surface area contributed by atoms with Crippen molar-refractivity contribution in [3.05, 3.63) is 33.5 Å². The highest BCUT2D eigenvalue weighted by molar-refractivity contribution is 9.10. The Bertz CT molecular complexity index is 417. The summed E-state index contributed by atoms with van der Waals surface area (Å²) in [7, 11) is 0. The predicted molar refractivity (Wildman–Crippen MR) is 56.9 cm³/mol. The Labute approximate surface area is 95.6 Å². The van der Waals surface area contributed by atoms with Crippen LogP contribution in [-0.2, 0) is 16.0 Å². The number of carbonyl (C=O) groups excluding carboxylic acids is 1. The van der Waals surface area contributed by atoms with Crippen LogP contribution in [0, 0.1) is 5.82 Å². The molecule has 0 bridgehead atoms. The van der Waals surface area contributed by atoms with Gasteiger partial charge < -0.3 is 4.74 Å². The minimum Gasteiger partial charge on any atom is -0.458 e. The van der Waals surface area contributed by atoms with Crippen molar-refractivity contribution < 1.29 is 13.9 Å². The third-order valence-corrected chi connectivity index (χ3v) is 2.96. The molecule has 0 aliphatic heterocycles. The zero-order chi connectivity index (χ0) is 11.0. The summed E-state index contributed by atoms with van der Waals surface area (Å²) in [5.41, 5.74) is 1.46. The fraction of sp³-hybridized carbons (Fsp3) is 0.364. The van der Waals surface area contributed by atoms with Crippen LogP contribution in [0.5, 0.6) is 0 Å². The number of rotatable bonds is 1. The zero-order valence-corrected chi connectivity index (χ0v) is 9.80. The topological polar surface area (TPSA) is 26.3 Å². The summed E-state index contributed by atoms with van der Waals surface area (Å²) in [6.45, 7) is 1.37. The molecule has 2 nitrogen and oxygen atoms in total. The van der Waals surface area contributed by atoms with Gasteiger partial charge in [-0.1, -0.05) is 15.9 Å². The molecule has 1 aliphatic rings. The fourth-order valence-electron chi connectivity index (χ4n) is 1.93. The van der Waals surface area contributed by atoms with Gasteiger partial charge in [0.2, 0.25) is 0 Å². The van der Waals surface area contributed by atoms with Crippen LogP contribution in [0.2, 0.25) is 0 Å². The maximum Gasteiger partial charge on any atom is 0.303 e. The average Bonchev–Trinajstić information content (AvgIpc) is 2.48. The van der Waals surface area contributed by atoms with E-state index < -0.39 is 0 Å². The highest BCUT2D eigenvalue weighted by Crippen LogP contribution is 2.37. The minimum absolute atomic E-state index is 0.228. The number of halogens is 2. The van der Waals surface area contributed by atoms with Crippen molar-refractivity contribution in [1.82, 2.24) is 0 Å². The van der Waals surface area contributed by atoms with Crippen LogP contribution in [0.25, 0.3) is 0 Å². The second-order valence-electron chi connectivity index (χ2n) is 3.59.